The summed E-state index contributed by atoms with van der Waals surface area (Å²) in [6.45, 7) is 15.8. The van der Waals surface area contributed by atoms with Gasteiger partial charge in [0, 0.05) is 6.04 Å². The number of aryl methyl sites for hydroxylation is 3. The molecule has 1 nitrogen and oxygen atoms in total. The lowest BCUT2D eigenvalue weighted by Gasteiger charge is -2.26. The average Bonchev–Trinajstić information content (AvgIpc) is 2.20. The molecule has 0 saturated heterocycles. The van der Waals surface area contributed by atoms with E-state index in [-0.39, 0.29) is 6.04 Å². The molecule has 1 aromatic carbocycles. The van der Waals surface area contributed by atoms with Crippen molar-refractivity contribution in [2.45, 2.75) is 73.8 Å². The molecule has 0 fully saturated rings. The highest BCUT2D eigenvalue weighted by molar-refractivity contribution is 5.37. The average molecular weight is 275 g/mol. The molecule has 0 aliphatic rings. The Morgan fingerprint density at radius 1 is 1.05 bits per heavy atom. The van der Waals surface area contributed by atoms with Gasteiger partial charge in [-0.15, -0.1) is 0 Å². The van der Waals surface area contributed by atoms with Crippen LogP contribution in [0.1, 0.15) is 62.8 Å². The third-order valence-corrected chi connectivity index (χ3v) is 3.97. The summed E-state index contributed by atoms with van der Waals surface area (Å²) in [7, 11) is 0. The van der Waals surface area contributed by atoms with Crippen molar-refractivity contribution in [3.05, 3.63) is 34.4 Å². The number of nitrogens with two attached hydrogens (primary N) is 1. The van der Waals surface area contributed by atoms with Crippen molar-refractivity contribution in [1.29, 1.82) is 0 Å². The molecule has 2 unspecified atom stereocenters. The fourth-order valence-electron chi connectivity index (χ4n) is 3.52. The standard InChI is InChI=1S/C19H33N/c1-13-8-15(3)18(16(4)9-13)11-17(20)10-14(2)12-19(5,6)7/h8-9,14,17H,10-12,20H2,1-7H3. The van der Waals surface area contributed by atoms with Gasteiger partial charge in [0.05, 0.1) is 0 Å². The molecule has 2 N–H and O–H groups in total. The van der Waals surface area contributed by atoms with Crippen LogP contribution in [0.25, 0.3) is 0 Å². The number of benzene rings is 1. The largest absolute Gasteiger partial charge is 0.327 e. The lowest BCUT2D eigenvalue weighted by Crippen LogP contribution is -2.27. The van der Waals surface area contributed by atoms with Crippen molar-refractivity contribution < 1.29 is 0 Å². The summed E-state index contributed by atoms with van der Waals surface area (Å²) in [6.07, 6.45) is 3.36. The normalized spacial score (nSPS) is 15.2. The molecule has 0 aromatic heterocycles. The minimum atomic E-state index is 0.271. The number of rotatable bonds is 5. The van der Waals surface area contributed by atoms with E-state index in [9.17, 15) is 0 Å². The van der Waals surface area contributed by atoms with Gasteiger partial charge in [-0.2, -0.15) is 0 Å². The maximum atomic E-state index is 6.40. The van der Waals surface area contributed by atoms with Crippen molar-refractivity contribution in [2.24, 2.45) is 17.1 Å². The molecule has 0 saturated carbocycles. The Labute approximate surface area is 126 Å². The Balaban J connectivity index is 2.65. The van der Waals surface area contributed by atoms with Gasteiger partial charge in [0.2, 0.25) is 0 Å². The van der Waals surface area contributed by atoms with E-state index < -0.39 is 0 Å². The van der Waals surface area contributed by atoms with Crippen LogP contribution in [0.15, 0.2) is 12.1 Å². The van der Waals surface area contributed by atoms with Crippen LogP contribution in [0.4, 0.5) is 0 Å². The molecule has 1 aromatic rings. The molecule has 0 aliphatic heterocycles. The van der Waals surface area contributed by atoms with E-state index in [1.54, 1.807) is 0 Å². The maximum Gasteiger partial charge on any atom is 0.00820 e. The van der Waals surface area contributed by atoms with Crippen LogP contribution in [-0.2, 0) is 6.42 Å². The molecule has 0 bridgehead atoms. The Morgan fingerprint density at radius 2 is 1.55 bits per heavy atom. The summed E-state index contributed by atoms with van der Waals surface area (Å²) >= 11 is 0. The second kappa shape index (κ2) is 6.76. The van der Waals surface area contributed by atoms with Crippen LogP contribution in [0, 0.1) is 32.1 Å². The van der Waals surface area contributed by atoms with Crippen molar-refractivity contribution in [3.8, 4) is 0 Å². The second-order valence-electron chi connectivity index (χ2n) is 7.95. The van der Waals surface area contributed by atoms with E-state index in [1.807, 2.05) is 0 Å². The zero-order valence-corrected chi connectivity index (χ0v) is 14.5. The molecular formula is C19H33N. The van der Waals surface area contributed by atoms with Gasteiger partial charge < -0.3 is 5.73 Å². The van der Waals surface area contributed by atoms with Gasteiger partial charge >= 0.3 is 0 Å². The Kier molecular flexibility index (Phi) is 5.82. The van der Waals surface area contributed by atoms with Gasteiger partial charge in [-0.3, -0.25) is 0 Å². The van der Waals surface area contributed by atoms with Gasteiger partial charge in [-0.1, -0.05) is 45.4 Å². The molecule has 1 rings (SSSR count). The van der Waals surface area contributed by atoms with Crippen LogP contribution in [0.2, 0.25) is 0 Å². The lowest BCUT2D eigenvalue weighted by atomic mass is 9.82. The van der Waals surface area contributed by atoms with Crippen molar-refractivity contribution in [2.75, 3.05) is 0 Å². The van der Waals surface area contributed by atoms with Gasteiger partial charge in [-0.05, 0) is 68.1 Å². The van der Waals surface area contributed by atoms with Crippen LogP contribution in [0.3, 0.4) is 0 Å². The van der Waals surface area contributed by atoms with E-state index in [0.29, 0.717) is 11.3 Å². The monoisotopic (exact) mass is 275 g/mol. The first-order valence-corrected chi connectivity index (χ1v) is 7.91. The molecule has 20 heavy (non-hydrogen) atoms. The predicted molar refractivity (Wildman–Crippen MR) is 90.2 cm³/mol. The molecule has 0 spiro atoms. The van der Waals surface area contributed by atoms with Crippen molar-refractivity contribution in [1.82, 2.24) is 0 Å². The van der Waals surface area contributed by atoms with Crippen LogP contribution < -0.4 is 5.73 Å². The minimum Gasteiger partial charge on any atom is -0.327 e. The quantitative estimate of drug-likeness (QED) is 0.809. The first-order valence-electron chi connectivity index (χ1n) is 7.91. The van der Waals surface area contributed by atoms with Gasteiger partial charge in [0.25, 0.3) is 0 Å². The van der Waals surface area contributed by atoms with E-state index >= 15 is 0 Å². The van der Waals surface area contributed by atoms with Crippen molar-refractivity contribution in [3.63, 3.8) is 0 Å². The molecular weight excluding hydrogens is 242 g/mol. The lowest BCUT2D eigenvalue weighted by molar-refractivity contribution is 0.285. The molecule has 0 amide bonds. The van der Waals surface area contributed by atoms with Gasteiger partial charge in [-0.25, -0.2) is 0 Å². The highest BCUT2D eigenvalue weighted by Gasteiger charge is 2.18. The van der Waals surface area contributed by atoms with E-state index in [0.717, 1.165) is 12.8 Å². The number of hydrogen-bond donors (Lipinski definition) is 1. The number of hydrogen-bond acceptors (Lipinski definition) is 1. The molecule has 0 aliphatic carbocycles. The Hall–Kier alpha value is -0.820. The Bertz CT molecular complexity index is 417. The second-order valence-corrected chi connectivity index (χ2v) is 7.95. The minimum absolute atomic E-state index is 0.271. The van der Waals surface area contributed by atoms with E-state index in [1.165, 1.54) is 28.7 Å². The maximum absolute atomic E-state index is 6.40. The predicted octanol–water partition coefficient (Wildman–Crippen LogP) is 4.94. The summed E-state index contributed by atoms with van der Waals surface area (Å²) in [5, 5.41) is 0. The summed E-state index contributed by atoms with van der Waals surface area (Å²) in [4.78, 5) is 0. The van der Waals surface area contributed by atoms with E-state index in [4.69, 9.17) is 5.73 Å². The first-order chi connectivity index (χ1) is 9.08. The Morgan fingerprint density at radius 3 is 2.00 bits per heavy atom. The highest BCUT2D eigenvalue weighted by Crippen LogP contribution is 2.27. The fourth-order valence-corrected chi connectivity index (χ4v) is 3.52. The molecule has 0 radical (unpaired) electrons. The molecule has 0 heterocycles. The zero-order valence-electron chi connectivity index (χ0n) is 14.5. The summed E-state index contributed by atoms with van der Waals surface area (Å²) in [5.74, 6) is 0.691. The SMILES string of the molecule is Cc1cc(C)c(CC(N)CC(C)CC(C)(C)C)c(C)c1. The molecule has 2 atom stereocenters. The highest BCUT2D eigenvalue weighted by atomic mass is 14.6. The zero-order chi connectivity index (χ0) is 15.5. The van der Waals surface area contributed by atoms with Gasteiger partial charge in [0.1, 0.15) is 0 Å². The summed E-state index contributed by atoms with van der Waals surface area (Å²) < 4.78 is 0. The fraction of sp³-hybridized carbons (Fsp3) is 0.684. The topological polar surface area (TPSA) is 26.0 Å². The van der Waals surface area contributed by atoms with Crippen molar-refractivity contribution >= 4 is 0 Å². The molecule has 1 heteroatoms. The van der Waals surface area contributed by atoms with Gasteiger partial charge in [0.15, 0.2) is 0 Å². The third kappa shape index (κ3) is 5.66. The van der Waals surface area contributed by atoms with Crippen LogP contribution in [-0.4, -0.2) is 6.04 Å². The van der Waals surface area contributed by atoms with E-state index in [2.05, 4.69) is 60.6 Å². The third-order valence-electron chi connectivity index (χ3n) is 3.97. The van der Waals surface area contributed by atoms with Crippen LogP contribution >= 0.6 is 0 Å². The van der Waals surface area contributed by atoms with Crippen LogP contribution in [0.5, 0.6) is 0 Å². The summed E-state index contributed by atoms with van der Waals surface area (Å²) in [5.41, 5.74) is 12.4. The smallest absolute Gasteiger partial charge is 0.00820 e. The molecule has 114 valence electrons. The summed E-state index contributed by atoms with van der Waals surface area (Å²) in [6, 6.07) is 4.81. The first kappa shape index (κ1) is 17.2.